The summed E-state index contributed by atoms with van der Waals surface area (Å²) in [6.07, 6.45) is 0.812. The van der Waals surface area contributed by atoms with Crippen LogP contribution in [0.1, 0.15) is 29.3 Å². The Morgan fingerprint density at radius 2 is 1.93 bits per heavy atom. The van der Waals surface area contributed by atoms with Crippen LogP contribution in [0.25, 0.3) is 11.0 Å². The molecule has 0 saturated carbocycles. The number of para-hydroxylation sites is 1. The molecule has 1 aromatic heterocycles. The molecule has 0 atom stereocenters. The van der Waals surface area contributed by atoms with Gasteiger partial charge in [-0.2, -0.15) is 0 Å². The molecule has 0 aliphatic rings. The maximum atomic E-state index is 12.7. The van der Waals surface area contributed by atoms with E-state index in [1.807, 2.05) is 6.92 Å². The number of nitrogens with one attached hydrogen (secondary N) is 2. The molecular weight excluding hydrogens is 362 g/mol. The standard InChI is InChI=1S/C20H19N3O5/c1-3-10-21-17-14-6-4-5-7-16(14)28-20(25)18(17)22-19(24)13-9-8-12(2)15(11-13)23(26)27/h4-9,11,21H,3,10H2,1-2H3,(H,22,24). The number of nitrogens with zero attached hydrogens (tertiary/aromatic N) is 1. The lowest BCUT2D eigenvalue weighted by atomic mass is 10.1. The van der Waals surface area contributed by atoms with E-state index in [-0.39, 0.29) is 16.9 Å². The number of carbonyl (C=O) groups is 1. The highest BCUT2D eigenvalue weighted by Gasteiger charge is 2.20. The predicted octanol–water partition coefficient (Wildman–Crippen LogP) is 4.08. The van der Waals surface area contributed by atoms with Crippen molar-refractivity contribution < 1.29 is 14.1 Å². The number of amides is 1. The Balaban J connectivity index is 2.05. The summed E-state index contributed by atoms with van der Waals surface area (Å²) >= 11 is 0. The van der Waals surface area contributed by atoms with Gasteiger partial charge in [-0.3, -0.25) is 14.9 Å². The van der Waals surface area contributed by atoms with E-state index in [1.54, 1.807) is 31.2 Å². The molecule has 0 radical (unpaired) electrons. The summed E-state index contributed by atoms with van der Waals surface area (Å²) in [4.78, 5) is 35.7. The van der Waals surface area contributed by atoms with E-state index in [4.69, 9.17) is 4.42 Å². The van der Waals surface area contributed by atoms with E-state index in [0.717, 1.165) is 6.42 Å². The maximum absolute atomic E-state index is 12.7. The van der Waals surface area contributed by atoms with Crippen molar-refractivity contribution in [2.45, 2.75) is 20.3 Å². The average molecular weight is 381 g/mol. The summed E-state index contributed by atoms with van der Waals surface area (Å²) in [6.45, 7) is 4.15. The molecule has 144 valence electrons. The van der Waals surface area contributed by atoms with Gasteiger partial charge in [0.05, 0.1) is 10.6 Å². The van der Waals surface area contributed by atoms with Crippen molar-refractivity contribution in [2.75, 3.05) is 17.2 Å². The van der Waals surface area contributed by atoms with E-state index in [9.17, 15) is 19.7 Å². The Morgan fingerprint density at radius 1 is 1.18 bits per heavy atom. The van der Waals surface area contributed by atoms with Crippen molar-refractivity contribution in [3.05, 3.63) is 74.1 Å². The zero-order valence-corrected chi connectivity index (χ0v) is 15.4. The number of benzene rings is 2. The van der Waals surface area contributed by atoms with Crippen LogP contribution in [-0.2, 0) is 0 Å². The van der Waals surface area contributed by atoms with Gasteiger partial charge in [0, 0.05) is 29.1 Å². The van der Waals surface area contributed by atoms with Gasteiger partial charge in [0.25, 0.3) is 11.6 Å². The number of fused-ring (bicyclic) bond motifs is 1. The Morgan fingerprint density at radius 3 is 2.64 bits per heavy atom. The molecule has 0 unspecified atom stereocenters. The number of anilines is 2. The molecule has 2 aromatic carbocycles. The van der Waals surface area contributed by atoms with Crippen LogP contribution in [0.2, 0.25) is 0 Å². The van der Waals surface area contributed by atoms with Gasteiger partial charge in [0.2, 0.25) is 0 Å². The van der Waals surface area contributed by atoms with Crippen molar-refractivity contribution in [3.8, 4) is 0 Å². The quantitative estimate of drug-likeness (QED) is 0.378. The molecule has 8 heteroatoms. The lowest BCUT2D eigenvalue weighted by Crippen LogP contribution is -2.20. The van der Waals surface area contributed by atoms with E-state index in [2.05, 4.69) is 10.6 Å². The van der Waals surface area contributed by atoms with Crippen LogP contribution in [0, 0.1) is 17.0 Å². The topological polar surface area (TPSA) is 114 Å². The summed E-state index contributed by atoms with van der Waals surface area (Å²) in [5.41, 5.74) is 0.484. The highest BCUT2D eigenvalue weighted by atomic mass is 16.6. The highest BCUT2D eigenvalue weighted by molar-refractivity contribution is 6.08. The fraction of sp³-hybridized carbons (Fsp3) is 0.200. The molecule has 1 amide bonds. The van der Waals surface area contributed by atoms with Crippen molar-refractivity contribution >= 4 is 33.9 Å². The summed E-state index contributed by atoms with van der Waals surface area (Å²) in [7, 11) is 0. The second-order valence-corrected chi connectivity index (χ2v) is 6.27. The molecule has 0 fully saturated rings. The van der Waals surface area contributed by atoms with Gasteiger partial charge in [-0.1, -0.05) is 25.1 Å². The van der Waals surface area contributed by atoms with Crippen LogP contribution >= 0.6 is 0 Å². The van der Waals surface area contributed by atoms with E-state index in [1.165, 1.54) is 18.2 Å². The molecule has 0 bridgehead atoms. The number of rotatable bonds is 6. The largest absolute Gasteiger partial charge is 0.421 e. The molecule has 0 saturated heterocycles. The van der Waals surface area contributed by atoms with Crippen molar-refractivity contribution in [3.63, 3.8) is 0 Å². The Bertz CT molecular complexity index is 1120. The number of hydrogen-bond donors (Lipinski definition) is 2. The van der Waals surface area contributed by atoms with Crippen LogP contribution in [-0.4, -0.2) is 17.4 Å². The van der Waals surface area contributed by atoms with Crippen molar-refractivity contribution in [1.82, 2.24) is 0 Å². The summed E-state index contributed by atoms with van der Waals surface area (Å²) in [5.74, 6) is -0.634. The first-order valence-electron chi connectivity index (χ1n) is 8.78. The molecule has 0 aliphatic heterocycles. The molecule has 0 spiro atoms. The Labute approximate surface area is 160 Å². The number of nitro groups is 1. The second kappa shape index (κ2) is 7.91. The van der Waals surface area contributed by atoms with Gasteiger partial charge in [-0.15, -0.1) is 0 Å². The third kappa shape index (κ3) is 3.71. The summed E-state index contributed by atoms with van der Waals surface area (Å²) in [6, 6.07) is 11.1. The minimum Gasteiger partial charge on any atom is -0.421 e. The first-order valence-corrected chi connectivity index (χ1v) is 8.78. The molecule has 3 rings (SSSR count). The summed E-state index contributed by atoms with van der Waals surface area (Å²) in [5, 5.41) is 17.5. The number of hydrogen-bond acceptors (Lipinski definition) is 6. The van der Waals surface area contributed by atoms with E-state index in [0.29, 0.717) is 28.8 Å². The van der Waals surface area contributed by atoms with Crippen LogP contribution in [0.5, 0.6) is 0 Å². The first kappa shape index (κ1) is 19.1. The van der Waals surface area contributed by atoms with Gasteiger partial charge >= 0.3 is 5.63 Å². The molecule has 3 aromatic rings. The normalized spacial score (nSPS) is 10.6. The predicted molar refractivity (Wildman–Crippen MR) is 107 cm³/mol. The molecule has 2 N–H and O–H groups in total. The number of carbonyl (C=O) groups excluding carboxylic acids is 1. The lowest BCUT2D eigenvalue weighted by Gasteiger charge is -2.14. The van der Waals surface area contributed by atoms with Gasteiger partial charge in [0.15, 0.2) is 5.69 Å². The zero-order valence-electron chi connectivity index (χ0n) is 15.4. The SMILES string of the molecule is CCCNc1c(NC(=O)c2ccc(C)c([N+](=O)[O-])c2)c(=O)oc2ccccc12. The lowest BCUT2D eigenvalue weighted by molar-refractivity contribution is -0.385. The van der Waals surface area contributed by atoms with Gasteiger partial charge in [-0.05, 0) is 31.5 Å². The van der Waals surface area contributed by atoms with E-state index < -0.39 is 16.5 Å². The van der Waals surface area contributed by atoms with Gasteiger partial charge in [0.1, 0.15) is 5.58 Å². The molecule has 0 aliphatic carbocycles. The van der Waals surface area contributed by atoms with Crippen LogP contribution in [0.4, 0.5) is 17.1 Å². The third-order valence-electron chi connectivity index (χ3n) is 4.27. The molecule has 1 heterocycles. The van der Waals surface area contributed by atoms with Crippen molar-refractivity contribution in [1.29, 1.82) is 0 Å². The Kier molecular flexibility index (Phi) is 5.39. The van der Waals surface area contributed by atoms with Crippen LogP contribution in [0.3, 0.4) is 0 Å². The summed E-state index contributed by atoms with van der Waals surface area (Å²) < 4.78 is 5.31. The number of aryl methyl sites for hydroxylation is 1. The minimum atomic E-state index is -0.702. The fourth-order valence-electron chi connectivity index (χ4n) is 2.83. The van der Waals surface area contributed by atoms with Crippen LogP contribution < -0.4 is 16.3 Å². The van der Waals surface area contributed by atoms with Gasteiger partial charge in [-0.25, -0.2) is 4.79 Å². The van der Waals surface area contributed by atoms with Crippen LogP contribution in [0.15, 0.2) is 51.7 Å². The fourth-order valence-corrected chi connectivity index (χ4v) is 2.83. The molecule has 28 heavy (non-hydrogen) atoms. The Hall–Kier alpha value is -3.68. The first-order chi connectivity index (χ1) is 13.4. The van der Waals surface area contributed by atoms with Crippen molar-refractivity contribution in [2.24, 2.45) is 0 Å². The number of nitro benzene ring substituents is 1. The van der Waals surface area contributed by atoms with E-state index >= 15 is 0 Å². The minimum absolute atomic E-state index is 0.0274. The van der Waals surface area contributed by atoms with Gasteiger partial charge < -0.3 is 15.1 Å². The molecule has 8 nitrogen and oxygen atoms in total. The molecular formula is C20H19N3O5. The third-order valence-corrected chi connectivity index (χ3v) is 4.27. The highest BCUT2D eigenvalue weighted by Crippen LogP contribution is 2.29. The average Bonchev–Trinajstić information content (AvgIpc) is 2.67. The monoisotopic (exact) mass is 381 g/mol. The smallest absolute Gasteiger partial charge is 0.362 e. The second-order valence-electron chi connectivity index (χ2n) is 6.27. The maximum Gasteiger partial charge on any atom is 0.362 e. The zero-order chi connectivity index (χ0) is 20.3.